The van der Waals surface area contributed by atoms with E-state index in [-0.39, 0.29) is 53.1 Å². The highest BCUT2D eigenvalue weighted by Crippen LogP contribution is 2.76. The fraction of sp³-hybridized carbons (Fsp3) is 0.800. The first kappa shape index (κ1) is 38.4. The van der Waals surface area contributed by atoms with Crippen LogP contribution in [0.4, 0.5) is 4.79 Å². The molecule has 0 spiro atoms. The second-order valence-corrected chi connectivity index (χ2v) is 18.3. The van der Waals surface area contributed by atoms with E-state index in [1.54, 1.807) is 6.20 Å². The molecule has 288 valence electrons. The van der Waals surface area contributed by atoms with Crippen molar-refractivity contribution in [3.8, 4) is 0 Å². The summed E-state index contributed by atoms with van der Waals surface area (Å²) in [5.74, 6) is -2.30. The monoisotopic (exact) mass is 725 g/mol. The van der Waals surface area contributed by atoms with E-state index in [4.69, 9.17) is 14.2 Å². The zero-order valence-corrected chi connectivity index (χ0v) is 32.3. The second kappa shape index (κ2) is 13.2. The maximum Gasteiger partial charge on any atom is 0.513 e. The van der Waals surface area contributed by atoms with Crippen molar-refractivity contribution >= 4 is 24.1 Å². The van der Waals surface area contributed by atoms with Crippen LogP contribution in [0, 0.1) is 56.7 Å². The number of carbonyl (C=O) groups is 4. The van der Waals surface area contributed by atoms with Crippen LogP contribution in [0.5, 0.6) is 0 Å². The molecule has 5 aliphatic carbocycles. The molecule has 6 rings (SSSR count). The first-order valence-electron chi connectivity index (χ1n) is 19.4. The normalized spacial score (nSPS) is 40.5. The number of carboxylic acid groups (broad SMARTS) is 1. The summed E-state index contributed by atoms with van der Waals surface area (Å²) in [6.07, 6.45) is 9.93. The van der Waals surface area contributed by atoms with Gasteiger partial charge in [-0.25, -0.2) is 14.3 Å². The van der Waals surface area contributed by atoms with E-state index in [1.807, 2.05) is 20.8 Å². The molecule has 4 saturated carbocycles. The predicted molar refractivity (Wildman–Crippen MR) is 189 cm³/mol. The summed E-state index contributed by atoms with van der Waals surface area (Å²) in [6, 6.07) is 0. The number of ether oxygens (including phenoxy) is 3. The third-order valence-corrected chi connectivity index (χ3v) is 15.7. The second-order valence-electron chi connectivity index (χ2n) is 18.3. The Morgan fingerprint density at radius 1 is 0.942 bits per heavy atom. The molecular formula is C40H59N3O9. The van der Waals surface area contributed by atoms with Crippen molar-refractivity contribution in [3.63, 3.8) is 0 Å². The van der Waals surface area contributed by atoms with Gasteiger partial charge < -0.3 is 24.4 Å². The Balaban J connectivity index is 1.22. The Morgan fingerprint density at radius 2 is 1.67 bits per heavy atom. The number of carbonyl (C=O) groups excluding carboxylic acids is 3. The van der Waals surface area contributed by atoms with Gasteiger partial charge in [-0.05, 0) is 104 Å². The zero-order chi connectivity index (χ0) is 38.1. The number of aromatic nitrogens is 3. The SMILES string of the molecule is CCCC(=O)OCc1cn(CC(=O)OC2(O)CC[C@@]3(C)C(CC[C@]4(C)[C@@H]3CC=C3[C@@H]5[C@@H](C)[C@H](C)CC[C@]5(C(=O)OC(=O)O)CC[C@]34C)C2(C)C)nn1. The largest absolute Gasteiger partial charge is 0.513 e. The molecule has 0 radical (unpaired) electrons. The zero-order valence-electron chi connectivity index (χ0n) is 32.3. The molecule has 0 amide bonds. The summed E-state index contributed by atoms with van der Waals surface area (Å²) < 4.78 is 17.5. The van der Waals surface area contributed by atoms with Gasteiger partial charge in [-0.15, -0.1) is 5.10 Å². The summed E-state index contributed by atoms with van der Waals surface area (Å²) in [5.41, 5.74) is -0.285. The van der Waals surface area contributed by atoms with E-state index in [0.717, 1.165) is 32.1 Å². The van der Waals surface area contributed by atoms with Crippen molar-refractivity contribution < 1.29 is 43.6 Å². The van der Waals surface area contributed by atoms with E-state index in [1.165, 1.54) is 10.3 Å². The molecule has 52 heavy (non-hydrogen) atoms. The van der Waals surface area contributed by atoms with E-state index >= 15 is 0 Å². The van der Waals surface area contributed by atoms with Crippen LogP contribution in [0.15, 0.2) is 17.8 Å². The molecule has 2 N–H and O–H groups in total. The fourth-order valence-corrected chi connectivity index (χ4v) is 12.4. The minimum atomic E-state index is -1.68. The highest BCUT2D eigenvalue weighted by atomic mass is 16.7. The lowest BCUT2D eigenvalue weighted by Crippen LogP contribution is -2.68. The summed E-state index contributed by atoms with van der Waals surface area (Å²) in [7, 11) is 0. The molecule has 12 nitrogen and oxygen atoms in total. The average Bonchev–Trinajstić information content (AvgIpc) is 3.51. The first-order valence-corrected chi connectivity index (χ1v) is 19.4. The van der Waals surface area contributed by atoms with Crippen LogP contribution in [0.2, 0.25) is 0 Å². The van der Waals surface area contributed by atoms with Gasteiger partial charge in [0.05, 0.1) is 11.6 Å². The molecule has 12 heteroatoms. The molecule has 0 aromatic carbocycles. The lowest BCUT2D eigenvalue weighted by Gasteiger charge is -2.72. The molecule has 2 unspecified atom stereocenters. The van der Waals surface area contributed by atoms with Gasteiger partial charge in [0, 0.05) is 18.3 Å². The van der Waals surface area contributed by atoms with E-state index in [9.17, 15) is 29.4 Å². The van der Waals surface area contributed by atoms with E-state index in [2.05, 4.69) is 51.0 Å². The number of rotatable bonds is 8. The first-order chi connectivity index (χ1) is 24.3. The van der Waals surface area contributed by atoms with Crippen LogP contribution < -0.4 is 0 Å². The molecule has 5 aliphatic rings. The van der Waals surface area contributed by atoms with Crippen LogP contribution in [-0.2, 0) is 41.7 Å². The van der Waals surface area contributed by atoms with Crippen LogP contribution in [0.1, 0.15) is 132 Å². The van der Waals surface area contributed by atoms with Crippen LogP contribution >= 0.6 is 0 Å². The van der Waals surface area contributed by atoms with Gasteiger partial charge in [-0.2, -0.15) is 0 Å². The van der Waals surface area contributed by atoms with Gasteiger partial charge in [0.25, 0.3) is 0 Å². The molecule has 0 bridgehead atoms. The van der Waals surface area contributed by atoms with Crippen molar-refractivity contribution in [2.24, 2.45) is 56.7 Å². The molecule has 0 saturated heterocycles. The number of hydrogen-bond donors (Lipinski definition) is 2. The van der Waals surface area contributed by atoms with Crippen molar-refractivity contribution in [2.45, 2.75) is 145 Å². The predicted octanol–water partition coefficient (Wildman–Crippen LogP) is 7.23. The van der Waals surface area contributed by atoms with Gasteiger partial charge in [0.15, 0.2) is 0 Å². The molecule has 4 fully saturated rings. The van der Waals surface area contributed by atoms with Gasteiger partial charge in [0.2, 0.25) is 5.79 Å². The summed E-state index contributed by atoms with van der Waals surface area (Å²) in [4.78, 5) is 50.3. The molecular weight excluding hydrogens is 666 g/mol. The Kier molecular flexibility index (Phi) is 9.78. The van der Waals surface area contributed by atoms with Gasteiger partial charge in [-0.1, -0.05) is 72.3 Å². The van der Waals surface area contributed by atoms with Crippen molar-refractivity contribution in [2.75, 3.05) is 0 Å². The summed E-state index contributed by atoms with van der Waals surface area (Å²) >= 11 is 0. The summed E-state index contributed by atoms with van der Waals surface area (Å²) in [5, 5.41) is 29.6. The molecule has 1 heterocycles. The Bertz CT molecular complexity index is 1640. The Labute approximate surface area is 307 Å². The van der Waals surface area contributed by atoms with E-state index < -0.39 is 34.7 Å². The smallest absolute Gasteiger partial charge is 0.459 e. The van der Waals surface area contributed by atoms with E-state index in [0.29, 0.717) is 56.1 Å². The molecule has 10 atom stereocenters. The topological polar surface area (TPSA) is 167 Å². The standard InChI is InChI=1S/C40H59N3O9/c1-9-10-30(44)50-23-26-21-43(42-41-26)22-31(45)52-40(49)20-17-36(6)28(35(40,4)5)14-15-38(8)29(36)12-11-27-32-25(3)24(2)13-16-39(32,19-18-37(27,38)7)33(46)51-34(47)48/h11,21,24-25,28-29,32,49H,9-10,12-20,22-23H2,1-8H3,(H,47,48)/t24-,25+,28?,29-,32+,36+,37-,38-,39+,40?/m1/s1. The number of nitrogens with zero attached hydrogens (tertiary/aromatic N) is 3. The Morgan fingerprint density at radius 3 is 2.37 bits per heavy atom. The lowest BCUT2D eigenvalue weighted by molar-refractivity contribution is -0.318. The highest BCUT2D eigenvalue weighted by molar-refractivity contribution is 5.86. The van der Waals surface area contributed by atoms with Crippen LogP contribution in [0.25, 0.3) is 0 Å². The van der Waals surface area contributed by atoms with Crippen LogP contribution in [0.3, 0.4) is 0 Å². The quantitative estimate of drug-likeness (QED) is 0.0912. The third-order valence-electron chi connectivity index (χ3n) is 15.7. The minimum absolute atomic E-state index is 0.0299. The third kappa shape index (κ3) is 5.80. The molecule has 1 aromatic heterocycles. The van der Waals surface area contributed by atoms with Gasteiger partial charge >= 0.3 is 24.1 Å². The van der Waals surface area contributed by atoms with Gasteiger partial charge in [-0.3, -0.25) is 9.59 Å². The van der Waals surface area contributed by atoms with Crippen LogP contribution in [-0.4, -0.2) is 55.1 Å². The number of allylic oxidation sites excluding steroid dienone is 2. The maximum atomic E-state index is 13.7. The molecule has 1 aromatic rings. The lowest BCUT2D eigenvalue weighted by atomic mass is 9.33. The highest BCUT2D eigenvalue weighted by Gasteiger charge is 2.71. The van der Waals surface area contributed by atoms with Crippen molar-refractivity contribution in [1.29, 1.82) is 0 Å². The number of hydrogen-bond acceptors (Lipinski definition) is 10. The van der Waals surface area contributed by atoms with Crippen molar-refractivity contribution in [1.82, 2.24) is 15.0 Å². The molecule has 0 aliphatic heterocycles. The van der Waals surface area contributed by atoms with Gasteiger partial charge in [0.1, 0.15) is 18.8 Å². The number of fused-ring (bicyclic) bond motifs is 7. The summed E-state index contributed by atoms with van der Waals surface area (Å²) in [6.45, 7) is 17.4. The maximum absolute atomic E-state index is 13.7. The fourth-order valence-electron chi connectivity index (χ4n) is 12.4. The number of esters is 3. The average molecular weight is 726 g/mol. The Hall–Kier alpha value is -3.28. The van der Waals surface area contributed by atoms with Crippen molar-refractivity contribution in [3.05, 3.63) is 23.5 Å². The minimum Gasteiger partial charge on any atom is -0.459 e. The number of aliphatic hydroxyl groups is 1.